The van der Waals surface area contributed by atoms with Crippen LogP contribution in [0, 0.1) is 5.41 Å². The number of carboxylic acids is 1. The second-order valence-corrected chi connectivity index (χ2v) is 4.81. The Bertz CT molecular complexity index is 516. The van der Waals surface area contributed by atoms with Crippen LogP contribution in [0.25, 0.3) is 0 Å². The minimum atomic E-state index is -1.18. The Labute approximate surface area is 103 Å². The predicted octanol–water partition coefficient (Wildman–Crippen LogP) is 0.788. The van der Waals surface area contributed by atoms with E-state index < -0.39 is 23.2 Å². The first kappa shape index (κ1) is 12.2. The third-order valence-corrected chi connectivity index (χ3v) is 2.90. The molecule has 1 aliphatic heterocycles. The van der Waals surface area contributed by atoms with Crippen LogP contribution in [0.3, 0.4) is 0 Å². The third-order valence-electron chi connectivity index (χ3n) is 2.90. The molecule has 1 aromatic heterocycles. The van der Waals surface area contributed by atoms with E-state index in [1.807, 2.05) is 0 Å². The molecule has 2 rings (SSSR count). The Balaban J connectivity index is 2.32. The van der Waals surface area contributed by atoms with Gasteiger partial charge in [-0.15, -0.1) is 0 Å². The van der Waals surface area contributed by atoms with Crippen molar-refractivity contribution in [2.75, 3.05) is 6.54 Å². The van der Waals surface area contributed by atoms with Crippen molar-refractivity contribution < 1.29 is 19.5 Å². The SMILES string of the molecule is CC(C)(CN1C(=O)c2ccncc2C1=O)C(=O)O. The number of hydrogen-bond acceptors (Lipinski definition) is 4. The molecular formula is C12H12N2O4. The van der Waals surface area contributed by atoms with E-state index in [0.717, 1.165) is 4.90 Å². The molecule has 0 fully saturated rings. The lowest BCUT2D eigenvalue weighted by atomic mass is 9.93. The molecule has 0 spiro atoms. The summed E-state index contributed by atoms with van der Waals surface area (Å²) in [5.74, 6) is -2.01. The number of nitrogens with zero attached hydrogens (tertiary/aromatic N) is 2. The summed E-state index contributed by atoms with van der Waals surface area (Å²) in [4.78, 5) is 39.8. The van der Waals surface area contributed by atoms with Crippen LogP contribution in [0.5, 0.6) is 0 Å². The van der Waals surface area contributed by atoms with Crippen LogP contribution < -0.4 is 0 Å². The van der Waals surface area contributed by atoms with Gasteiger partial charge in [0.1, 0.15) is 0 Å². The zero-order chi connectivity index (χ0) is 13.5. The molecule has 0 saturated heterocycles. The van der Waals surface area contributed by atoms with Gasteiger partial charge in [-0.3, -0.25) is 24.3 Å². The monoisotopic (exact) mass is 248 g/mol. The fraction of sp³-hybridized carbons (Fsp3) is 0.333. The molecule has 6 heteroatoms. The molecule has 6 nitrogen and oxygen atoms in total. The van der Waals surface area contributed by atoms with Crippen LogP contribution in [-0.2, 0) is 4.79 Å². The van der Waals surface area contributed by atoms with Crippen molar-refractivity contribution in [3.8, 4) is 0 Å². The molecule has 0 bridgehead atoms. The average Bonchev–Trinajstić information content (AvgIpc) is 2.55. The number of carbonyl (C=O) groups is 3. The Morgan fingerprint density at radius 2 is 1.94 bits per heavy atom. The first-order valence-corrected chi connectivity index (χ1v) is 5.38. The lowest BCUT2D eigenvalue weighted by Crippen LogP contribution is -2.42. The molecule has 0 aromatic carbocycles. The van der Waals surface area contributed by atoms with Crippen molar-refractivity contribution in [3.63, 3.8) is 0 Å². The summed E-state index contributed by atoms with van der Waals surface area (Å²) in [6.07, 6.45) is 2.75. The molecule has 0 unspecified atom stereocenters. The Morgan fingerprint density at radius 3 is 2.50 bits per heavy atom. The van der Waals surface area contributed by atoms with Crippen LogP contribution >= 0.6 is 0 Å². The second kappa shape index (κ2) is 3.90. The normalized spacial score (nSPS) is 14.9. The zero-order valence-corrected chi connectivity index (χ0v) is 10.0. The highest BCUT2D eigenvalue weighted by atomic mass is 16.4. The van der Waals surface area contributed by atoms with Gasteiger partial charge in [-0.05, 0) is 19.9 Å². The molecule has 1 N–H and O–H groups in total. The predicted molar refractivity (Wildman–Crippen MR) is 61.0 cm³/mol. The minimum Gasteiger partial charge on any atom is -0.481 e. The van der Waals surface area contributed by atoms with E-state index in [1.165, 1.54) is 32.3 Å². The Morgan fingerprint density at radius 1 is 1.33 bits per heavy atom. The standard InChI is InChI=1S/C12H12N2O4/c1-12(2,11(17)18)6-14-9(15)7-3-4-13-5-8(7)10(14)16/h3-5H,6H2,1-2H3,(H,17,18). The van der Waals surface area contributed by atoms with E-state index in [0.29, 0.717) is 0 Å². The maximum atomic E-state index is 12.0. The van der Waals surface area contributed by atoms with Gasteiger partial charge in [0.05, 0.1) is 16.5 Å². The summed E-state index contributed by atoms with van der Waals surface area (Å²) in [6, 6.07) is 1.46. The number of aliphatic carboxylic acids is 1. The van der Waals surface area contributed by atoms with Crippen LogP contribution in [0.2, 0.25) is 0 Å². The molecule has 18 heavy (non-hydrogen) atoms. The fourth-order valence-corrected chi connectivity index (χ4v) is 1.74. The summed E-state index contributed by atoms with van der Waals surface area (Å²) in [7, 11) is 0. The lowest BCUT2D eigenvalue weighted by Gasteiger charge is -2.24. The van der Waals surface area contributed by atoms with Crippen molar-refractivity contribution in [1.29, 1.82) is 0 Å². The summed E-state index contributed by atoms with van der Waals surface area (Å²) < 4.78 is 0. The highest BCUT2D eigenvalue weighted by Gasteiger charge is 2.41. The molecule has 1 aromatic rings. The van der Waals surface area contributed by atoms with Gasteiger partial charge in [-0.25, -0.2) is 0 Å². The molecule has 0 atom stereocenters. The highest BCUT2D eigenvalue weighted by Crippen LogP contribution is 2.26. The average molecular weight is 248 g/mol. The summed E-state index contributed by atoms with van der Waals surface area (Å²) >= 11 is 0. The lowest BCUT2D eigenvalue weighted by molar-refractivity contribution is -0.147. The van der Waals surface area contributed by atoms with Gasteiger partial charge in [-0.2, -0.15) is 0 Å². The zero-order valence-electron chi connectivity index (χ0n) is 10.0. The van der Waals surface area contributed by atoms with Crippen molar-refractivity contribution in [2.24, 2.45) is 5.41 Å². The number of hydrogen-bond donors (Lipinski definition) is 1. The van der Waals surface area contributed by atoms with Gasteiger partial charge < -0.3 is 5.11 Å². The molecule has 2 amide bonds. The largest absolute Gasteiger partial charge is 0.481 e. The maximum Gasteiger partial charge on any atom is 0.310 e. The molecule has 2 heterocycles. The topological polar surface area (TPSA) is 87.6 Å². The molecule has 0 saturated carbocycles. The van der Waals surface area contributed by atoms with Crippen LogP contribution in [0.4, 0.5) is 0 Å². The number of pyridine rings is 1. The van der Waals surface area contributed by atoms with Crippen LogP contribution in [0.15, 0.2) is 18.5 Å². The van der Waals surface area contributed by atoms with Crippen LogP contribution in [0.1, 0.15) is 34.6 Å². The van der Waals surface area contributed by atoms with Gasteiger partial charge in [0, 0.05) is 18.9 Å². The first-order chi connectivity index (χ1) is 8.34. The maximum absolute atomic E-state index is 12.0. The minimum absolute atomic E-state index is 0.158. The summed E-state index contributed by atoms with van der Waals surface area (Å²) in [5.41, 5.74) is -0.680. The van der Waals surface area contributed by atoms with E-state index in [4.69, 9.17) is 5.11 Å². The van der Waals surface area contributed by atoms with E-state index in [2.05, 4.69) is 4.98 Å². The molecule has 94 valence electrons. The highest BCUT2D eigenvalue weighted by molar-refractivity contribution is 6.21. The number of aromatic nitrogens is 1. The Hall–Kier alpha value is -2.24. The van der Waals surface area contributed by atoms with Crippen LogP contribution in [-0.4, -0.2) is 39.3 Å². The summed E-state index contributed by atoms with van der Waals surface area (Å²) in [6.45, 7) is 2.78. The number of amides is 2. The molecular weight excluding hydrogens is 236 g/mol. The first-order valence-electron chi connectivity index (χ1n) is 5.38. The number of rotatable bonds is 3. The van der Waals surface area contributed by atoms with Gasteiger partial charge in [-0.1, -0.05) is 0 Å². The van der Waals surface area contributed by atoms with E-state index in [9.17, 15) is 14.4 Å². The summed E-state index contributed by atoms with van der Waals surface area (Å²) in [5, 5.41) is 9.03. The number of carbonyl (C=O) groups excluding carboxylic acids is 2. The van der Waals surface area contributed by atoms with E-state index >= 15 is 0 Å². The third kappa shape index (κ3) is 1.75. The Kier molecular flexibility index (Phi) is 2.65. The van der Waals surface area contributed by atoms with E-state index in [-0.39, 0.29) is 17.7 Å². The molecule has 1 aliphatic rings. The molecule has 0 aliphatic carbocycles. The van der Waals surface area contributed by atoms with Gasteiger partial charge in [0.2, 0.25) is 0 Å². The number of carboxylic acid groups (broad SMARTS) is 1. The fourth-order valence-electron chi connectivity index (χ4n) is 1.74. The number of imide groups is 1. The van der Waals surface area contributed by atoms with E-state index in [1.54, 1.807) is 0 Å². The quantitative estimate of drug-likeness (QED) is 0.799. The van der Waals surface area contributed by atoms with Gasteiger partial charge in [0.15, 0.2) is 0 Å². The van der Waals surface area contributed by atoms with Crippen molar-refractivity contribution in [3.05, 3.63) is 29.6 Å². The second-order valence-electron chi connectivity index (χ2n) is 4.81. The van der Waals surface area contributed by atoms with Gasteiger partial charge >= 0.3 is 5.97 Å². The molecule has 0 radical (unpaired) electrons. The smallest absolute Gasteiger partial charge is 0.310 e. The van der Waals surface area contributed by atoms with Crippen molar-refractivity contribution >= 4 is 17.8 Å². The van der Waals surface area contributed by atoms with Gasteiger partial charge in [0.25, 0.3) is 11.8 Å². The number of fused-ring (bicyclic) bond motifs is 1. The van der Waals surface area contributed by atoms with Crippen molar-refractivity contribution in [1.82, 2.24) is 9.88 Å². The van der Waals surface area contributed by atoms with Crippen molar-refractivity contribution in [2.45, 2.75) is 13.8 Å².